The van der Waals surface area contributed by atoms with Gasteiger partial charge in [0.15, 0.2) is 23.0 Å². The maximum Gasteiger partial charge on any atom is 0.231 e. The van der Waals surface area contributed by atoms with Crippen LogP contribution in [0.3, 0.4) is 0 Å². The van der Waals surface area contributed by atoms with E-state index in [0.717, 1.165) is 28.3 Å². The van der Waals surface area contributed by atoms with Crippen LogP contribution in [-0.2, 0) is 13.2 Å². The fraction of sp³-hybridized carbons (Fsp3) is 0.182. The molecule has 0 bridgehead atoms. The first kappa shape index (κ1) is 19.6. The molecule has 0 saturated heterocycles. The molecule has 3 aromatic rings. The van der Waals surface area contributed by atoms with Crippen molar-refractivity contribution < 1.29 is 18.9 Å². The Morgan fingerprint density at radius 2 is 1.79 bits per heavy atom. The zero-order chi connectivity index (χ0) is 20.2. The summed E-state index contributed by atoms with van der Waals surface area (Å²) in [7, 11) is 1.62. The van der Waals surface area contributed by atoms with Crippen LogP contribution < -0.4 is 24.3 Å². The smallest absolute Gasteiger partial charge is 0.231 e. The van der Waals surface area contributed by atoms with E-state index in [0.29, 0.717) is 34.7 Å². The molecule has 150 valence electrons. The molecule has 7 heteroatoms. The third-order valence-electron chi connectivity index (χ3n) is 4.50. The van der Waals surface area contributed by atoms with Gasteiger partial charge in [-0.3, -0.25) is 0 Å². The number of hydrogen-bond donors (Lipinski definition) is 1. The fourth-order valence-corrected chi connectivity index (χ4v) is 3.41. The summed E-state index contributed by atoms with van der Waals surface area (Å²) in [6.07, 6.45) is 0. The molecule has 1 aliphatic heterocycles. The third kappa shape index (κ3) is 4.63. The molecule has 0 atom stereocenters. The maximum atomic E-state index is 6.21. The fourth-order valence-electron chi connectivity index (χ4n) is 2.95. The van der Waals surface area contributed by atoms with Gasteiger partial charge in [-0.1, -0.05) is 35.3 Å². The Morgan fingerprint density at radius 1 is 0.931 bits per heavy atom. The molecule has 0 aliphatic carbocycles. The number of ether oxygens (including phenoxy) is 4. The topological polar surface area (TPSA) is 49.0 Å². The standard InChI is InChI=1S/C22H19Cl2NO4/c1-26-21-8-14(11-25-17-5-7-20-22(10-17)29-13-28-20)2-6-19(21)27-12-15-3-4-16(23)9-18(15)24/h2-10,25H,11-13H2,1H3. The Labute approximate surface area is 179 Å². The quantitative estimate of drug-likeness (QED) is 0.502. The van der Waals surface area contributed by atoms with Crippen molar-refractivity contribution in [3.8, 4) is 23.0 Å². The van der Waals surface area contributed by atoms with Crippen LogP contribution in [0.25, 0.3) is 0 Å². The highest BCUT2D eigenvalue weighted by atomic mass is 35.5. The number of benzene rings is 3. The molecule has 5 nitrogen and oxygen atoms in total. The lowest BCUT2D eigenvalue weighted by atomic mass is 10.2. The van der Waals surface area contributed by atoms with Crippen molar-refractivity contribution in [2.24, 2.45) is 0 Å². The Hall–Kier alpha value is -2.76. The normalized spacial score (nSPS) is 12.0. The number of fused-ring (bicyclic) bond motifs is 1. The van der Waals surface area contributed by atoms with Gasteiger partial charge >= 0.3 is 0 Å². The molecule has 0 unspecified atom stereocenters. The summed E-state index contributed by atoms with van der Waals surface area (Å²) < 4.78 is 22.1. The van der Waals surface area contributed by atoms with Gasteiger partial charge in [-0.15, -0.1) is 0 Å². The molecule has 29 heavy (non-hydrogen) atoms. The van der Waals surface area contributed by atoms with Crippen LogP contribution in [0, 0.1) is 0 Å². The van der Waals surface area contributed by atoms with Crippen LogP contribution in [0.1, 0.15) is 11.1 Å². The van der Waals surface area contributed by atoms with Gasteiger partial charge in [0.25, 0.3) is 0 Å². The predicted molar refractivity (Wildman–Crippen MR) is 114 cm³/mol. The van der Waals surface area contributed by atoms with Crippen molar-refractivity contribution in [2.75, 3.05) is 19.2 Å². The van der Waals surface area contributed by atoms with Crippen LogP contribution in [0.2, 0.25) is 10.0 Å². The average Bonchev–Trinajstić information content (AvgIpc) is 3.20. The van der Waals surface area contributed by atoms with Gasteiger partial charge in [-0.2, -0.15) is 0 Å². The molecule has 0 amide bonds. The van der Waals surface area contributed by atoms with E-state index in [2.05, 4.69) is 5.32 Å². The first-order chi connectivity index (χ1) is 14.1. The van der Waals surface area contributed by atoms with Crippen LogP contribution in [-0.4, -0.2) is 13.9 Å². The minimum atomic E-state index is 0.263. The summed E-state index contributed by atoms with van der Waals surface area (Å²) >= 11 is 12.1. The molecule has 1 aliphatic rings. The number of rotatable bonds is 7. The molecule has 0 saturated carbocycles. The van der Waals surface area contributed by atoms with Crippen molar-refractivity contribution in [2.45, 2.75) is 13.2 Å². The van der Waals surface area contributed by atoms with E-state index < -0.39 is 0 Å². The molecule has 0 fully saturated rings. The number of halogens is 2. The van der Waals surface area contributed by atoms with Crippen molar-refractivity contribution in [1.29, 1.82) is 0 Å². The molecule has 3 aromatic carbocycles. The summed E-state index contributed by atoms with van der Waals surface area (Å²) in [6.45, 7) is 1.21. The van der Waals surface area contributed by atoms with Gasteiger partial charge in [-0.05, 0) is 42.0 Å². The Kier molecular flexibility index (Phi) is 5.88. The monoisotopic (exact) mass is 431 g/mol. The van der Waals surface area contributed by atoms with E-state index in [4.69, 9.17) is 42.1 Å². The van der Waals surface area contributed by atoms with Crippen LogP contribution >= 0.6 is 23.2 Å². The Balaban J connectivity index is 1.41. The number of anilines is 1. The molecule has 0 aromatic heterocycles. The molecular weight excluding hydrogens is 413 g/mol. The summed E-state index contributed by atoms with van der Waals surface area (Å²) in [5.74, 6) is 2.81. The van der Waals surface area contributed by atoms with Gasteiger partial charge in [0.2, 0.25) is 6.79 Å². The second-order valence-electron chi connectivity index (χ2n) is 6.43. The van der Waals surface area contributed by atoms with E-state index in [1.807, 2.05) is 42.5 Å². The van der Waals surface area contributed by atoms with Crippen molar-refractivity contribution in [1.82, 2.24) is 0 Å². The summed E-state index contributed by atoms with van der Waals surface area (Å²) in [4.78, 5) is 0. The zero-order valence-corrected chi connectivity index (χ0v) is 17.2. The second kappa shape index (κ2) is 8.72. The average molecular weight is 432 g/mol. The lowest BCUT2D eigenvalue weighted by Crippen LogP contribution is -2.02. The van der Waals surface area contributed by atoms with E-state index in [-0.39, 0.29) is 6.79 Å². The van der Waals surface area contributed by atoms with E-state index in [1.54, 1.807) is 19.2 Å². The van der Waals surface area contributed by atoms with Crippen LogP contribution in [0.4, 0.5) is 5.69 Å². The minimum Gasteiger partial charge on any atom is -0.493 e. The summed E-state index contributed by atoms with van der Waals surface area (Å²) in [5, 5.41) is 4.53. The van der Waals surface area contributed by atoms with Gasteiger partial charge in [-0.25, -0.2) is 0 Å². The van der Waals surface area contributed by atoms with Crippen molar-refractivity contribution in [3.63, 3.8) is 0 Å². The Morgan fingerprint density at radius 3 is 2.62 bits per heavy atom. The Bertz CT molecular complexity index is 1030. The SMILES string of the molecule is COc1cc(CNc2ccc3c(c2)OCO3)ccc1OCc1ccc(Cl)cc1Cl. The summed E-state index contributed by atoms with van der Waals surface area (Å²) in [6, 6.07) is 16.9. The zero-order valence-electron chi connectivity index (χ0n) is 15.7. The van der Waals surface area contributed by atoms with Crippen molar-refractivity contribution >= 4 is 28.9 Å². The highest BCUT2D eigenvalue weighted by molar-refractivity contribution is 6.35. The van der Waals surface area contributed by atoms with Gasteiger partial charge in [0.05, 0.1) is 7.11 Å². The summed E-state index contributed by atoms with van der Waals surface area (Å²) in [5.41, 5.74) is 2.86. The van der Waals surface area contributed by atoms with Crippen molar-refractivity contribution in [3.05, 3.63) is 75.8 Å². The molecule has 1 heterocycles. The lowest BCUT2D eigenvalue weighted by molar-refractivity contribution is 0.174. The highest BCUT2D eigenvalue weighted by Gasteiger charge is 2.13. The van der Waals surface area contributed by atoms with E-state index in [9.17, 15) is 0 Å². The largest absolute Gasteiger partial charge is 0.493 e. The number of nitrogens with one attached hydrogen (secondary N) is 1. The van der Waals surface area contributed by atoms with Crippen LogP contribution in [0.15, 0.2) is 54.6 Å². The second-order valence-corrected chi connectivity index (χ2v) is 7.27. The molecule has 0 spiro atoms. The van der Waals surface area contributed by atoms with Crippen LogP contribution in [0.5, 0.6) is 23.0 Å². The van der Waals surface area contributed by atoms with Gasteiger partial charge < -0.3 is 24.3 Å². The molecule has 4 rings (SSSR count). The predicted octanol–water partition coefficient (Wildman–Crippen LogP) is 5.92. The van der Waals surface area contributed by atoms with E-state index in [1.165, 1.54) is 0 Å². The molecule has 0 radical (unpaired) electrons. The third-order valence-corrected chi connectivity index (χ3v) is 5.08. The first-order valence-electron chi connectivity index (χ1n) is 8.99. The van der Waals surface area contributed by atoms with Gasteiger partial charge in [0.1, 0.15) is 6.61 Å². The van der Waals surface area contributed by atoms with Gasteiger partial charge in [0, 0.05) is 33.9 Å². The number of hydrogen-bond acceptors (Lipinski definition) is 5. The lowest BCUT2D eigenvalue weighted by Gasteiger charge is -2.14. The molecule has 1 N–H and O–H groups in total. The van der Waals surface area contributed by atoms with E-state index >= 15 is 0 Å². The number of methoxy groups -OCH3 is 1. The minimum absolute atomic E-state index is 0.263. The molecular formula is C22H19Cl2NO4. The first-order valence-corrected chi connectivity index (χ1v) is 9.75. The highest BCUT2D eigenvalue weighted by Crippen LogP contribution is 2.35. The maximum absolute atomic E-state index is 6.21.